The predicted molar refractivity (Wildman–Crippen MR) is 74.2 cm³/mol. The van der Waals surface area contributed by atoms with E-state index in [4.69, 9.17) is 21.9 Å². The number of ether oxygens (including phenoxy) is 1. The average Bonchev–Trinajstić information content (AvgIpc) is 2.25. The van der Waals surface area contributed by atoms with Crippen molar-refractivity contribution in [1.82, 2.24) is 0 Å². The molecule has 0 heterocycles. The summed E-state index contributed by atoms with van der Waals surface area (Å²) in [6.07, 6.45) is -0.586. The number of nitrogens with one attached hydrogen (secondary N) is 1. The standard InChI is InChI=1S/C12H15ClN4O2/c1-12(2,3)19-11(18)16-10-6-9(13)5-4-8(10)7-15-17-14/h4-6H,7H2,1-3H3,(H,16,18). The maximum absolute atomic E-state index is 11.7. The van der Waals surface area contributed by atoms with Crippen molar-refractivity contribution >= 4 is 23.4 Å². The molecule has 1 amide bonds. The number of rotatable bonds is 3. The molecule has 0 saturated heterocycles. The molecule has 1 N–H and O–H groups in total. The largest absolute Gasteiger partial charge is 0.444 e. The molecule has 7 heteroatoms. The van der Waals surface area contributed by atoms with Crippen LogP contribution in [0.5, 0.6) is 0 Å². The summed E-state index contributed by atoms with van der Waals surface area (Å²) in [5, 5.41) is 6.52. The smallest absolute Gasteiger partial charge is 0.412 e. The van der Waals surface area contributed by atoms with Gasteiger partial charge in [-0.2, -0.15) is 0 Å². The summed E-state index contributed by atoms with van der Waals surface area (Å²) < 4.78 is 5.14. The fourth-order valence-corrected chi connectivity index (χ4v) is 1.50. The SMILES string of the molecule is CC(C)(C)OC(=O)Nc1cc(Cl)ccc1CN=[N+]=[N-]. The van der Waals surface area contributed by atoms with Crippen LogP contribution in [0.25, 0.3) is 10.4 Å². The Morgan fingerprint density at radius 1 is 1.53 bits per heavy atom. The highest BCUT2D eigenvalue weighted by atomic mass is 35.5. The lowest BCUT2D eigenvalue weighted by Crippen LogP contribution is -2.27. The highest BCUT2D eigenvalue weighted by Crippen LogP contribution is 2.22. The van der Waals surface area contributed by atoms with Crippen LogP contribution in [0.15, 0.2) is 23.3 Å². The highest BCUT2D eigenvalue weighted by Gasteiger charge is 2.17. The molecule has 0 aromatic heterocycles. The van der Waals surface area contributed by atoms with Gasteiger partial charge in [-0.25, -0.2) is 4.79 Å². The van der Waals surface area contributed by atoms with Crippen LogP contribution in [0.2, 0.25) is 5.02 Å². The zero-order valence-electron chi connectivity index (χ0n) is 11.0. The lowest BCUT2D eigenvalue weighted by Gasteiger charge is -2.20. The molecule has 0 unspecified atom stereocenters. The summed E-state index contributed by atoms with van der Waals surface area (Å²) in [4.78, 5) is 14.4. The number of benzene rings is 1. The van der Waals surface area contributed by atoms with Gasteiger partial charge in [0.05, 0.1) is 6.54 Å². The Kier molecular flexibility index (Phi) is 5.03. The minimum Gasteiger partial charge on any atom is -0.444 e. The van der Waals surface area contributed by atoms with Crippen LogP contribution in [0.1, 0.15) is 26.3 Å². The normalized spacial score (nSPS) is 10.5. The van der Waals surface area contributed by atoms with Gasteiger partial charge in [-0.3, -0.25) is 5.32 Å². The van der Waals surface area contributed by atoms with E-state index in [0.717, 1.165) is 0 Å². The molecular formula is C12H15ClN4O2. The van der Waals surface area contributed by atoms with E-state index in [1.54, 1.807) is 39.0 Å². The van der Waals surface area contributed by atoms with Gasteiger partial charge in [-0.15, -0.1) is 0 Å². The highest BCUT2D eigenvalue weighted by molar-refractivity contribution is 6.31. The van der Waals surface area contributed by atoms with E-state index in [9.17, 15) is 4.79 Å². The minimum atomic E-state index is -0.590. The van der Waals surface area contributed by atoms with Crippen molar-refractivity contribution in [3.8, 4) is 0 Å². The van der Waals surface area contributed by atoms with Crippen molar-refractivity contribution < 1.29 is 9.53 Å². The van der Waals surface area contributed by atoms with Gasteiger partial charge < -0.3 is 4.74 Å². The third-order valence-corrected chi connectivity index (χ3v) is 2.25. The van der Waals surface area contributed by atoms with Gasteiger partial charge in [-0.1, -0.05) is 22.8 Å². The van der Waals surface area contributed by atoms with Crippen LogP contribution >= 0.6 is 11.6 Å². The lowest BCUT2D eigenvalue weighted by molar-refractivity contribution is 0.0636. The van der Waals surface area contributed by atoms with Crippen molar-refractivity contribution in [2.24, 2.45) is 5.11 Å². The fraction of sp³-hybridized carbons (Fsp3) is 0.417. The number of hydrogen-bond acceptors (Lipinski definition) is 3. The maximum atomic E-state index is 11.7. The molecule has 0 spiro atoms. The first-order valence-corrected chi connectivity index (χ1v) is 5.99. The van der Waals surface area contributed by atoms with Crippen LogP contribution < -0.4 is 5.32 Å². The Balaban J connectivity index is 2.89. The molecule has 0 aliphatic rings. The first kappa shape index (κ1) is 15.1. The molecule has 6 nitrogen and oxygen atoms in total. The Bertz CT molecular complexity index is 519. The zero-order chi connectivity index (χ0) is 14.5. The lowest BCUT2D eigenvalue weighted by atomic mass is 10.2. The maximum Gasteiger partial charge on any atom is 0.412 e. The summed E-state index contributed by atoms with van der Waals surface area (Å²) in [6, 6.07) is 4.92. The first-order chi connectivity index (χ1) is 8.81. The second-order valence-corrected chi connectivity index (χ2v) is 5.25. The molecule has 0 fully saturated rings. The Hall–Kier alpha value is -1.91. The summed E-state index contributed by atoms with van der Waals surface area (Å²) in [7, 11) is 0. The van der Waals surface area contributed by atoms with Gasteiger partial charge in [0, 0.05) is 15.6 Å². The molecule has 0 aliphatic heterocycles. The molecule has 1 aromatic carbocycles. The van der Waals surface area contributed by atoms with Crippen molar-refractivity contribution in [1.29, 1.82) is 0 Å². The summed E-state index contributed by atoms with van der Waals surface area (Å²) >= 11 is 5.87. The van der Waals surface area contributed by atoms with Crippen molar-refractivity contribution in [2.75, 3.05) is 5.32 Å². The van der Waals surface area contributed by atoms with Crippen molar-refractivity contribution in [3.05, 3.63) is 39.2 Å². The van der Waals surface area contributed by atoms with Gasteiger partial charge >= 0.3 is 6.09 Å². The topological polar surface area (TPSA) is 87.1 Å². The summed E-state index contributed by atoms with van der Waals surface area (Å²) in [6.45, 7) is 5.43. The molecule has 19 heavy (non-hydrogen) atoms. The Labute approximate surface area is 116 Å². The van der Waals surface area contributed by atoms with Gasteiger partial charge in [0.2, 0.25) is 0 Å². The molecule has 0 aliphatic carbocycles. The second-order valence-electron chi connectivity index (χ2n) is 4.82. The molecule has 0 bridgehead atoms. The van der Waals surface area contributed by atoms with Crippen LogP contribution in [-0.2, 0) is 11.3 Å². The molecule has 0 saturated carbocycles. The van der Waals surface area contributed by atoms with Crippen LogP contribution in [0, 0.1) is 0 Å². The van der Waals surface area contributed by atoms with E-state index in [0.29, 0.717) is 16.3 Å². The van der Waals surface area contributed by atoms with E-state index in [1.165, 1.54) is 0 Å². The van der Waals surface area contributed by atoms with Gasteiger partial charge in [0.25, 0.3) is 0 Å². The molecule has 102 valence electrons. The van der Waals surface area contributed by atoms with Crippen molar-refractivity contribution in [2.45, 2.75) is 32.9 Å². The van der Waals surface area contributed by atoms with Crippen LogP contribution in [0.4, 0.5) is 10.5 Å². The van der Waals surface area contributed by atoms with E-state index in [1.807, 2.05) is 0 Å². The quantitative estimate of drug-likeness (QED) is 0.503. The summed E-state index contributed by atoms with van der Waals surface area (Å²) in [5.41, 5.74) is 8.87. The third-order valence-electron chi connectivity index (χ3n) is 2.01. The van der Waals surface area contributed by atoms with Gasteiger partial charge in [-0.05, 0) is 44.0 Å². The van der Waals surface area contributed by atoms with Crippen LogP contribution in [0.3, 0.4) is 0 Å². The van der Waals surface area contributed by atoms with E-state index >= 15 is 0 Å². The average molecular weight is 283 g/mol. The fourth-order valence-electron chi connectivity index (χ4n) is 1.32. The monoisotopic (exact) mass is 282 g/mol. The number of anilines is 1. The summed E-state index contributed by atoms with van der Waals surface area (Å²) in [5.74, 6) is 0. The predicted octanol–water partition coefficient (Wildman–Crippen LogP) is 4.50. The number of amides is 1. The minimum absolute atomic E-state index is 0.124. The molecular weight excluding hydrogens is 268 g/mol. The molecule has 1 rings (SSSR count). The molecule has 1 aromatic rings. The number of carbonyl (C=O) groups is 1. The number of azide groups is 1. The Morgan fingerprint density at radius 2 is 2.21 bits per heavy atom. The number of halogens is 1. The first-order valence-electron chi connectivity index (χ1n) is 5.61. The number of nitrogens with zero attached hydrogens (tertiary/aromatic N) is 3. The van der Waals surface area contributed by atoms with Gasteiger partial charge in [0.15, 0.2) is 0 Å². The van der Waals surface area contributed by atoms with E-state index < -0.39 is 11.7 Å². The zero-order valence-corrected chi connectivity index (χ0v) is 11.7. The van der Waals surface area contributed by atoms with Crippen molar-refractivity contribution in [3.63, 3.8) is 0 Å². The van der Waals surface area contributed by atoms with Gasteiger partial charge in [0.1, 0.15) is 5.60 Å². The van der Waals surface area contributed by atoms with Crippen LogP contribution in [-0.4, -0.2) is 11.7 Å². The van der Waals surface area contributed by atoms with E-state index in [-0.39, 0.29) is 6.54 Å². The van der Waals surface area contributed by atoms with E-state index in [2.05, 4.69) is 15.3 Å². The second kappa shape index (κ2) is 6.31. The Morgan fingerprint density at radius 3 is 2.79 bits per heavy atom. The number of hydrogen-bond donors (Lipinski definition) is 1. The molecule has 0 atom stereocenters. The number of carbonyl (C=O) groups excluding carboxylic acids is 1. The molecule has 0 radical (unpaired) electrons. The third kappa shape index (κ3) is 5.50.